The van der Waals surface area contributed by atoms with Crippen LogP contribution in [0.25, 0.3) is 0 Å². The summed E-state index contributed by atoms with van der Waals surface area (Å²) in [5.74, 6) is -1.44. The molecule has 0 aromatic heterocycles. The van der Waals surface area contributed by atoms with Gasteiger partial charge in [0, 0.05) is 13.5 Å². The Morgan fingerprint density at radius 2 is 2.18 bits per heavy atom. The van der Waals surface area contributed by atoms with Gasteiger partial charge in [0.25, 0.3) is 0 Å². The number of methoxy groups -OCH3 is 1. The third-order valence-corrected chi connectivity index (χ3v) is 3.46. The van der Waals surface area contributed by atoms with Crippen LogP contribution in [0.1, 0.15) is 39.0 Å². The Morgan fingerprint density at radius 3 is 2.76 bits per heavy atom. The van der Waals surface area contributed by atoms with Crippen molar-refractivity contribution in [2.45, 2.75) is 44.6 Å². The van der Waals surface area contributed by atoms with Gasteiger partial charge in [0.05, 0.1) is 18.1 Å². The average molecular weight is 243 g/mol. The molecule has 0 aromatic rings. The fourth-order valence-corrected chi connectivity index (χ4v) is 2.45. The molecule has 0 radical (unpaired) electrons. The predicted octanol–water partition coefficient (Wildman–Crippen LogP) is 1.17. The molecule has 0 spiro atoms. The van der Waals surface area contributed by atoms with Crippen LogP contribution in [0, 0.1) is 5.92 Å². The SMILES string of the molecule is COCCC(=O)NC1(C)CCCCC1C(=O)O. The summed E-state index contributed by atoms with van der Waals surface area (Å²) in [6.07, 6.45) is 3.52. The standard InChI is InChI=1S/C12H21NO4/c1-12(13-10(14)6-8-17-2)7-4-3-5-9(12)11(15)16/h9H,3-8H2,1-2H3,(H,13,14)(H,15,16). The lowest BCUT2D eigenvalue weighted by Crippen LogP contribution is -2.55. The van der Waals surface area contributed by atoms with Gasteiger partial charge in [-0.3, -0.25) is 9.59 Å². The van der Waals surface area contributed by atoms with E-state index in [-0.39, 0.29) is 12.3 Å². The lowest BCUT2D eigenvalue weighted by molar-refractivity contribution is -0.146. The fraction of sp³-hybridized carbons (Fsp3) is 0.833. The number of hydrogen-bond donors (Lipinski definition) is 2. The third kappa shape index (κ3) is 3.70. The Hall–Kier alpha value is -1.10. The molecule has 0 heterocycles. The summed E-state index contributed by atoms with van der Waals surface area (Å²) in [5.41, 5.74) is -0.616. The summed E-state index contributed by atoms with van der Waals surface area (Å²) in [7, 11) is 1.54. The maximum Gasteiger partial charge on any atom is 0.308 e. The zero-order valence-corrected chi connectivity index (χ0v) is 10.5. The van der Waals surface area contributed by atoms with E-state index in [2.05, 4.69) is 5.32 Å². The summed E-state index contributed by atoms with van der Waals surface area (Å²) in [6.45, 7) is 2.19. The molecule has 1 aliphatic carbocycles. The number of carbonyl (C=O) groups excluding carboxylic acids is 1. The molecule has 2 N–H and O–H groups in total. The molecular formula is C12H21NO4. The second-order valence-electron chi connectivity index (χ2n) is 4.85. The second-order valence-corrected chi connectivity index (χ2v) is 4.85. The van der Waals surface area contributed by atoms with Crippen molar-refractivity contribution in [2.24, 2.45) is 5.92 Å². The minimum Gasteiger partial charge on any atom is -0.481 e. The molecule has 0 aromatic carbocycles. The summed E-state index contributed by atoms with van der Waals surface area (Å²) in [6, 6.07) is 0. The van der Waals surface area contributed by atoms with Crippen LogP contribution in [0.4, 0.5) is 0 Å². The van der Waals surface area contributed by atoms with Crippen LogP contribution in [-0.4, -0.2) is 36.2 Å². The summed E-state index contributed by atoms with van der Waals surface area (Å²) in [4.78, 5) is 22.8. The average Bonchev–Trinajstić information content (AvgIpc) is 2.26. The van der Waals surface area contributed by atoms with Crippen LogP contribution in [0.2, 0.25) is 0 Å². The molecule has 1 amide bonds. The predicted molar refractivity (Wildman–Crippen MR) is 62.6 cm³/mol. The molecule has 0 aliphatic heterocycles. The fourth-order valence-electron chi connectivity index (χ4n) is 2.45. The van der Waals surface area contributed by atoms with Gasteiger partial charge >= 0.3 is 5.97 Å². The van der Waals surface area contributed by atoms with Crippen LogP contribution in [-0.2, 0) is 14.3 Å². The lowest BCUT2D eigenvalue weighted by Gasteiger charge is -2.39. The summed E-state index contributed by atoms with van der Waals surface area (Å²) < 4.78 is 4.83. The number of aliphatic carboxylic acids is 1. The minimum absolute atomic E-state index is 0.137. The highest BCUT2D eigenvalue weighted by atomic mass is 16.5. The van der Waals surface area contributed by atoms with Gasteiger partial charge in [-0.1, -0.05) is 12.8 Å². The normalized spacial score (nSPS) is 28.7. The largest absolute Gasteiger partial charge is 0.481 e. The first-order valence-electron chi connectivity index (χ1n) is 6.02. The molecule has 0 bridgehead atoms. The number of carboxylic acids is 1. The van der Waals surface area contributed by atoms with E-state index in [1.54, 1.807) is 0 Å². The van der Waals surface area contributed by atoms with E-state index in [0.29, 0.717) is 13.0 Å². The number of carboxylic acid groups (broad SMARTS) is 1. The van der Waals surface area contributed by atoms with Gasteiger partial charge in [0.15, 0.2) is 0 Å². The molecule has 1 fully saturated rings. The van der Waals surface area contributed by atoms with Crippen LogP contribution < -0.4 is 5.32 Å². The molecule has 98 valence electrons. The first-order chi connectivity index (χ1) is 7.99. The van der Waals surface area contributed by atoms with Gasteiger partial charge in [-0.05, 0) is 19.8 Å². The minimum atomic E-state index is -0.820. The van der Waals surface area contributed by atoms with E-state index in [1.807, 2.05) is 6.92 Å². The monoisotopic (exact) mass is 243 g/mol. The van der Waals surface area contributed by atoms with Gasteiger partial charge in [-0.2, -0.15) is 0 Å². The molecule has 5 heteroatoms. The zero-order chi connectivity index (χ0) is 12.9. The highest BCUT2D eigenvalue weighted by Crippen LogP contribution is 2.33. The van der Waals surface area contributed by atoms with E-state index in [4.69, 9.17) is 4.74 Å². The van der Waals surface area contributed by atoms with Gasteiger partial charge in [-0.25, -0.2) is 0 Å². The van der Waals surface area contributed by atoms with E-state index < -0.39 is 17.4 Å². The van der Waals surface area contributed by atoms with Crippen LogP contribution in [0.15, 0.2) is 0 Å². The van der Waals surface area contributed by atoms with E-state index in [9.17, 15) is 14.7 Å². The quantitative estimate of drug-likeness (QED) is 0.760. The third-order valence-electron chi connectivity index (χ3n) is 3.46. The first-order valence-corrected chi connectivity index (χ1v) is 6.02. The Bertz CT molecular complexity index is 292. The number of carbonyl (C=O) groups is 2. The van der Waals surface area contributed by atoms with Gasteiger partial charge < -0.3 is 15.2 Å². The van der Waals surface area contributed by atoms with Gasteiger partial charge in [0.2, 0.25) is 5.91 Å². The van der Waals surface area contributed by atoms with Crippen molar-refractivity contribution in [1.82, 2.24) is 5.32 Å². The van der Waals surface area contributed by atoms with Crippen molar-refractivity contribution in [3.63, 3.8) is 0 Å². The van der Waals surface area contributed by atoms with Crippen molar-refractivity contribution in [2.75, 3.05) is 13.7 Å². The molecule has 0 saturated heterocycles. The van der Waals surface area contributed by atoms with Crippen molar-refractivity contribution in [1.29, 1.82) is 0 Å². The van der Waals surface area contributed by atoms with Gasteiger partial charge in [0.1, 0.15) is 0 Å². The molecule has 1 rings (SSSR count). The van der Waals surface area contributed by atoms with Gasteiger partial charge in [-0.15, -0.1) is 0 Å². The summed E-state index contributed by atoms with van der Waals surface area (Å²) >= 11 is 0. The Morgan fingerprint density at radius 1 is 1.47 bits per heavy atom. The zero-order valence-electron chi connectivity index (χ0n) is 10.5. The molecule has 5 nitrogen and oxygen atoms in total. The maximum absolute atomic E-state index is 11.7. The van der Waals surface area contributed by atoms with E-state index in [1.165, 1.54) is 7.11 Å². The smallest absolute Gasteiger partial charge is 0.308 e. The maximum atomic E-state index is 11.7. The number of rotatable bonds is 5. The molecular weight excluding hydrogens is 222 g/mol. The van der Waals surface area contributed by atoms with Crippen LogP contribution in [0.5, 0.6) is 0 Å². The van der Waals surface area contributed by atoms with E-state index >= 15 is 0 Å². The molecule has 2 atom stereocenters. The van der Waals surface area contributed by atoms with Crippen LogP contribution in [0.3, 0.4) is 0 Å². The lowest BCUT2D eigenvalue weighted by atomic mass is 9.74. The summed E-state index contributed by atoms with van der Waals surface area (Å²) in [5, 5.41) is 12.0. The molecule has 17 heavy (non-hydrogen) atoms. The molecule has 2 unspecified atom stereocenters. The number of amides is 1. The highest BCUT2D eigenvalue weighted by Gasteiger charge is 2.41. The molecule has 1 saturated carbocycles. The first kappa shape index (κ1) is 14.0. The highest BCUT2D eigenvalue weighted by molar-refractivity contribution is 5.79. The van der Waals surface area contributed by atoms with Crippen molar-refractivity contribution in [3.05, 3.63) is 0 Å². The van der Waals surface area contributed by atoms with Crippen molar-refractivity contribution >= 4 is 11.9 Å². The Kier molecular flexibility index (Phi) is 4.93. The van der Waals surface area contributed by atoms with Crippen molar-refractivity contribution in [3.8, 4) is 0 Å². The number of ether oxygens (including phenoxy) is 1. The Labute approximate surface area is 102 Å². The Balaban J connectivity index is 2.62. The number of hydrogen-bond acceptors (Lipinski definition) is 3. The van der Waals surface area contributed by atoms with Crippen molar-refractivity contribution < 1.29 is 19.4 Å². The molecule has 1 aliphatic rings. The van der Waals surface area contributed by atoms with E-state index in [0.717, 1.165) is 19.3 Å². The van der Waals surface area contributed by atoms with Crippen LogP contribution >= 0.6 is 0 Å². The number of nitrogens with one attached hydrogen (secondary N) is 1. The topological polar surface area (TPSA) is 75.6 Å². The second kappa shape index (κ2) is 6.00.